The maximum absolute atomic E-state index is 4.83. The summed E-state index contributed by atoms with van der Waals surface area (Å²) in [7, 11) is 0. The van der Waals surface area contributed by atoms with Crippen molar-refractivity contribution in [2.45, 2.75) is 26.2 Å². The van der Waals surface area contributed by atoms with E-state index in [0.717, 1.165) is 12.1 Å². The zero-order valence-electron chi connectivity index (χ0n) is 5.79. The minimum atomic E-state index is 0.531. The van der Waals surface area contributed by atoms with E-state index in [1.54, 1.807) is 6.26 Å². The van der Waals surface area contributed by atoms with Crippen molar-refractivity contribution in [2.24, 2.45) is 0 Å². The van der Waals surface area contributed by atoms with Gasteiger partial charge in [-0.25, -0.2) is 4.98 Å². The summed E-state index contributed by atoms with van der Waals surface area (Å²) in [6.45, 7) is 4.28. The molecule has 0 amide bonds. The van der Waals surface area contributed by atoms with Crippen LogP contribution in [-0.4, -0.2) is 4.98 Å². The largest absolute Gasteiger partial charge is 0.451 e. The maximum atomic E-state index is 4.83. The van der Waals surface area contributed by atoms with E-state index < -0.39 is 0 Å². The predicted molar refractivity (Wildman–Crippen MR) is 35.2 cm³/mol. The second-order valence-electron chi connectivity index (χ2n) is 2.22. The monoisotopic (exact) mass is 125 g/mol. The van der Waals surface area contributed by atoms with Crippen molar-refractivity contribution in [2.75, 3.05) is 0 Å². The average Bonchev–Trinajstić information content (AvgIpc) is 2.37. The minimum absolute atomic E-state index is 0.531. The molecule has 0 spiro atoms. The van der Waals surface area contributed by atoms with Crippen molar-refractivity contribution < 1.29 is 4.42 Å². The zero-order chi connectivity index (χ0) is 6.69. The summed E-state index contributed by atoms with van der Waals surface area (Å²) in [5.74, 6) is 0.531. The van der Waals surface area contributed by atoms with Gasteiger partial charge in [0, 0.05) is 5.92 Å². The fourth-order valence-electron chi connectivity index (χ4n) is 0.674. The second kappa shape index (κ2) is 2.67. The molecule has 0 aliphatic rings. The number of hydrogen-bond donors (Lipinski definition) is 0. The van der Waals surface area contributed by atoms with Crippen molar-refractivity contribution >= 4 is 0 Å². The maximum Gasteiger partial charge on any atom is 0.180 e. The van der Waals surface area contributed by atoms with Crippen LogP contribution in [0.5, 0.6) is 0 Å². The van der Waals surface area contributed by atoms with E-state index in [9.17, 15) is 0 Å². The molecule has 50 valence electrons. The van der Waals surface area contributed by atoms with Gasteiger partial charge in [-0.2, -0.15) is 0 Å². The van der Waals surface area contributed by atoms with Gasteiger partial charge in [-0.15, -0.1) is 0 Å². The van der Waals surface area contributed by atoms with Crippen molar-refractivity contribution in [3.05, 3.63) is 18.4 Å². The minimum Gasteiger partial charge on any atom is -0.451 e. The van der Waals surface area contributed by atoms with E-state index in [2.05, 4.69) is 18.8 Å². The summed E-state index contributed by atoms with van der Waals surface area (Å²) in [4.78, 5) is 4.02. The molecule has 1 heterocycles. The highest BCUT2D eigenvalue weighted by Gasteiger charge is 2.03. The number of rotatable bonds is 2. The Morgan fingerprint density at radius 3 is 3.00 bits per heavy atom. The third-order valence-corrected chi connectivity index (χ3v) is 1.57. The Kier molecular flexibility index (Phi) is 1.88. The molecule has 0 N–H and O–H groups in total. The molecule has 0 fully saturated rings. The number of hydrogen-bond acceptors (Lipinski definition) is 2. The van der Waals surface area contributed by atoms with Crippen LogP contribution in [0.15, 0.2) is 17.1 Å². The Morgan fingerprint density at radius 2 is 2.56 bits per heavy atom. The van der Waals surface area contributed by atoms with Gasteiger partial charge < -0.3 is 4.42 Å². The van der Waals surface area contributed by atoms with Crippen LogP contribution in [0.1, 0.15) is 31.9 Å². The lowest BCUT2D eigenvalue weighted by Gasteiger charge is -1.99. The first-order chi connectivity index (χ1) is 4.34. The van der Waals surface area contributed by atoms with E-state index >= 15 is 0 Å². The Labute approximate surface area is 54.9 Å². The Bertz CT molecular complexity index is 157. The average molecular weight is 125 g/mol. The van der Waals surface area contributed by atoms with E-state index in [1.165, 1.54) is 6.39 Å². The zero-order valence-corrected chi connectivity index (χ0v) is 5.79. The summed E-state index contributed by atoms with van der Waals surface area (Å²) in [6, 6.07) is 0. The highest BCUT2D eigenvalue weighted by Crippen LogP contribution is 2.14. The number of aromatic nitrogens is 1. The van der Waals surface area contributed by atoms with E-state index in [4.69, 9.17) is 4.42 Å². The molecule has 9 heavy (non-hydrogen) atoms. The van der Waals surface area contributed by atoms with Gasteiger partial charge in [-0.1, -0.05) is 13.8 Å². The second-order valence-corrected chi connectivity index (χ2v) is 2.22. The first-order valence-electron chi connectivity index (χ1n) is 3.22. The summed E-state index contributed by atoms with van der Waals surface area (Å²) in [5.41, 5.74) is 1.05. The fourth-order valence-corrected chi connectivity index (χ4v) is 0.674. The van der Waals surface area contributed by atoms with Crippen molar-refractivity contribution in [1.82, 2.24) is 4.98 Å². The molecule has 0 aliphatic carbocycles. The van der Waals surface area contributed by atoms with Crippen LogP contribution in [0.4, 0.5) is 0 Å². The van der Waals surface area contributed by atoms with Gasteiger partial charge in [0.1, 0.15) is 6.26 Å². The van der Waals surface area contributed by atoms with Gasteiger partial charge in [0.15, 0.2) is 6.39 Å². The van der Waals surface area contributed by atoms with Crippen LogP contribution < -0.4 is 0 Å². The first-order valence-corrected chi connectivity index (χ1v) is 3.22. The molecule has 0 radical (unpaired) electrons. The first kappa shape index (κ1) is 6.33. The summed E-state index contributed by atoms with van der Waals surface area (Å²) < 4.78 is 4.83. The Balaban J connectivity index is 2.65. The van der Waals surface area contributed by atoms with Gasteiger partial charge in [-0.3, -0.25) is 0 Å². The van der Waals surface area contributed by atoms with Crippen LogP contribution in [0.3, 0.4) is 0 Å². The molecule has 0 saturated carbocycles. The molecular weight excluding hydrogens is 114 g/mol. The molecular formula is C7H11NO. The third-order valence-electron chi connectivity index (χ3n) is 1.57. The fraction of sp³-hybridized carbons (Fsp3) is 0.571. The number of nitrogens with zero attached hydrogens (tertiary/aromatic N) is 1. The number of oxazole rings is 1. The van der Waals surface area contributed by atoms with Crippen LogP contribution in [0.25, 0.3) is 0 Å². The lowest BCUT2D eigenvalue weighted by atomic mass is 10.1. The molecule has 0 bridgehead atoms. The Morgan fingerprint density at radius 1 is 1.78 bits per heavy atom. The predicted octanol–water partition coefficient (Wildman–Crippen LogP) is 2.19. The van der Waals surface area contributed by atoms with Gasteiger partial charge in [0.2, 0.25) is 0 Å². The van der Waals surface area contributed by atoms with E-state index in [-0.39, 0.29) is 0 Å². The molecule has 0 aromatic carbocycles. The van der Waals surface area contributed by atoms with Crippen LogP contribution >= 0.6 is 0 Å². The molecule has 0 saturated heterocycles. The van der Waals surface area contributed by atoms with Crippen molar-refractivity contribution in [3.8, 4) is 0 Å². The van der Waals surface area contributed by atoms with Gasteiger partial charge >= 0.3 is 0 Å². The lowest BCUT2D eigenvalue weighted by molar-refractivity contribution is 0.554. The summed E-state index contributed by atoms with van der Waals surface area (Å²) >= 11 is 0. The molecule has 2 nitrogen and oxygen atoms in total. The summed E-state index contributed by atoms with van der Waals surface area (Å²) in [6.07, 6.45) is 4.29. The lowest BCUT2D eigenvalue weighted by Crippen LogP contribution is -1.89. The van der Waals surface area contributed by atoms with Crippen LogP contribution in [-0.2, 0) is 0 Å². The normalized spacial score (nSPS) is 13.6. The molecule has 1 aromatic heterocycles. The van der Waals surface area contributed by atoms with Gasteiger partial charge in [0.05, 0.1) is 5.69 Å². The molecule has 1 rings (SSSR count). The highest BCUT2D eigenvalue weighted by molar-refractivity contribution is 4.98. The van der Waals surface area contributed by atoms with Crippen LogP contribution in [0.2, 0.25) is 0 Å². The molecule has 1 aromatic rings. The topological polar surface area (TPSA) is 26.0 Å². The van der Waals surface area contributed by atoms with Gasteiger partial charge in [-0.05, 0) is 6.42 Å². The third kappa shape index (κ3) is 1.31. The van der Waals surface area contributed by atoms with E-state index in [0.29, 0.717) is 5.92 Å². The van der Waals surface area contributed by atoms with Crippen molar-refractivity contribution in [3.63, 3.8) is 0 Å². The van der Waals surface area contributed by atoms with E-state index in [1.807, 2.05) is 0 Å². The standard InChI is InChI=1S/C7H11NO/c1-3-6(2)7-4-9-5-8-7/h4-6H,3H2,1-2H3/t6-/m1/s1. The van der Waals surface area contributed by atoms with Gasteiger partial charge in [0.25, 0.3) is 0 Å². The summed E-state index contributed by atoms with van der Waals surface area (Å²) in [5, 5.41) is 0. The molecule has 0 aliphatic heterocycles. The van der Waals surface area contributed by atoms with Crippen molar-refractivity contribution in [1.29, 1.82) is 0 Å². The Hall–Kier alpha value is -0.790. The molecule has 0 unspecified atom stereocenters. The quantitative estimate of drug-likeness (QED) is 0.605. The SMILES string of the molecule is CC[C@@H](C)c1cocn1. The molecule has 2 heteroatoms. The molecule has 1 atom stereocenters. The smallest absolute Gasteiger partial charge is 0.180 e. The van der Waals surface area contributed by atoms with Crippen LogP contribution in [0, 0.1) is 0 Å². The highest BCUT2D eigenvalue weighted by atomic mass is 16.3.